The van der Waals surface area contributed by atoms with Gasteiger partial charge in [0.1, 0.15) is 17.2 Å². The molecule has 0 bridgehead atoms. The lowest BCUT2D eigenvalue weighted by atomic mass is 10.1. The number of carbonyl (C=O) groups is 1. The number of nitrogens with one attached hydrogen (secondary N) is 2. The van der Waals surface area contributed by atoms with E-state index in [1.54, 1.807) is 30.9 Å². The molecule has 5 aromatic rings. The normalized spacial score (nSPS) is 15.5. The van der Waals surface area contributed by atoms with Crippen molar-refractivity contribution < 1.29 is 13.9 Å². The van der Waals surface area contributed by atoms with Crippen LogP contribution in [0.15, 0.2) is 70.9 Å². The molecule has 0 aliphatic carbocycles. The Morgan fingerprint density at radius 3 is 3.05 bits per heavy atom. The highest BCUT2D eigenvalue weighted by Gasteiger charge is 2.25. The van der Waals surface area contributed by atoms with Gasteiger partial charge in [-0.2, -0.15) is 0 Å². The van der Waals surface area contributed by atoms with Crippen LogP contribution in [0.3, 0.4) is 0 Å². The molecule has 1 fully saturated rings. The number of urea groups is 1. The third-order valence-corrected chi connectivity index (χ3v) is 7.30. The number of piperidine rings is 1. The summed E-state index contributed by atoms with van der Waals surface area (Å²) in [6, 6.07) is 13.3. The van der Waals surface area contributed by atoms with Crippen LogP contribution >= 0.6 is 11.3 Å². The van der Waals surface area contributed by atoms with Crippen molar-refractivity contribution in [3.63, 3.8) is 0 Å². The van der Waals surface area contributed by atoms with E-state index in [-0.39, 0.29) is 12.1 Å². The molecule has 0 spiro atoms. The van der Waals surface area contributed by atoms with E-state index in [4.69, 9.17) is 19.1 Å². The molecular weight excluding hydrogens is 502 g/mol. The second-order valence-electron chi connectivity index (χ2n) is 9.03. The number of furan rings is 1. The molecule has 1 aliphatic heterocycles. The van der Waals surface area contributed by atoms with Crippen LogP contribution < -0.4 is 15.4 Å². The molecule has 6 rings (SSSR count). The van der Waals surface area contributed by atoms with Crippen molar-refractivity contribution >= 4 is 28.3 Å². The summed E-state index contributed by atoms with van der Waals surface area (Å²) in [7, 11) is 1.66. The van der Waals surface area contributed by atoms with Gasteiger partial charge in [-0.3, -0.25) is 4.40 Å². The van der Waals surface area contributed by atoms with Crippen LogP contribution in [0, 0.1) is 0 Å². The molecule has 4 aromatic heterocycles. The molecule has 2 amide bonds. The molecule has 11 heteroatoms. The fourth-order valence-electron chi connectivity index (χ4n) is 4.71. The molecule has 2 N–H and O–H groups in total. The first-order chi connectivity index (χ1) is 18.7. The van der Waals surface area contributed by atoms with Gasteiger partial charge in [0.25, 0.3) is 0 Å². The first kappa shape index (κ1) is 24.0. The maximum absolute atomic E-state index is 12.7. The fourth-order valence-corrected chi connectivity index (χ4v) is 5.43. The van der Waals surface area contributed by atoms with Gasteiger partial charge < -0.3 is 24.7 Å². The zero-order valence-corrected chi connectivity index (χ0v) is 21.6. The third-order valence-electron chi connectivity index (χ3n) is 6.54. The van der Waals surface area contributed by atoms with Gasteiger partial charge in [-0.05, 0) is 43.2 Å². The molecule has 1 aliphatic rings. The predicted octanol–water partition coefficient (Wildman–Crippen LogP) is 4.91. The standard InChI is InChI=1S/C27H27N7O3S/c1-36-20-7-2-5-18(15-20)23-24(34-12-14-38-27(34)32-23)22-9-10-28-25(31-22)30-19-6-3-11-33(17-19)26(35)29-16-21-8-4-13-37-21/h2,4-5,7-10,12-15,19H,3,6,11,16-17H2,1H3,(H,29,35)(H,28,30,31)/t19-/m1/s1. The van der Waals surface area contributed by atoms with Crippen molar-refractivity contribution in [2.24, 2.45) is 0 Å². The Kier molecular flexibility index (Phi) is 6.65. The van der Waals surface area contributed by atoms with Crippen molar-refractivity contribution in [3.05, 3.63) is 72.3 Å². The molecule has 10 nitrogen and oxygen atoms in total. The summed E-state index contributed by atoms with van der Waals surface area (Å²) in [4.78, 5) is 29.7. The van der Waals surface area contributed by atoms with Gasteiger partial charge in [0.15, 0.2) is 4.96 Å². The van der Waals surface area contributed by atoms with Crippen LogP contribution in [0.2, 0.25) is 0 Å². The molecule has 0 radical (unpaired) electrons. The van der Waals surface area contributed by atoms with Gasteiger partial charge in [0.05, 0.1) is 31.3 Å². The number of nitrogens with zero attached hydrogens (tertiary/aromatic N) is 5. The van der Waals surface area contributed by atoms with E-state index in [1.807, 2.05) is 58.9 Å². The van der Waals surface area contributed by atoms with Crippen LogP contribution in [0.25, 0.3) is 27.6 Å². The predicted molar refractivity (Wildman–Crippen MR) is 145 cm³/mol. The Labute approximate surface area is 223 Å². The summed E-state index contributed by atoms with van der Waals surface area (Å²) < 4.78 is 12.8. The highest BCUT2D eigenvalue weighted by atomic mass is 32.1. The first-order valence-electron chi connectivity index (χ1n) is 12.4. The number of methoxy groups -OCH3 is 1. The van der Waals surface area contributed by atoms with Crippen LogP contribution in [0.4, 0.5) is 10.7 Å². The zero-order chi connectivity index (χ0) is 25.9. The SMILES string of the molecule is COc1cccc(-c2nc3sccn3c2-c2ccnc(N[C@@H]3CCCN(C(=O)NCc4ccco4)C3)n2)c1. The molecule has 194 valence electrons. The van der Waals surface area contributed by atoms with E-state index in [2.05, 4.69) is 20.0 Å². The van der Waals surface area contributed by atoms with Crippen molar-refractivity contribution in [1.29, 1.82) is 0 Å². The van der Waals surface area contributed by atoms with Crippen molar-refractivity contribution in [2.45, 2.75) is 25.4 Å². The lowest BCUT2D eigenvalue weighted by Gasteiger charge is -2.33. The number of fused-ring (bicyclic) bond motifs is 1. The number of likely N-dealkylation sites (tertiary alicyclic amines) is 1. The number of amides is 2. The number of rotatable bonds is 7. The molecule has 0 unspecified atom stereocenters. The zero-order valence-electron chi connectivity index (χ0n) is 20.8. The van der Waals surface area contributed by atoms with Crippen molar-refractivity contribution in [1.82, 2.24) is 29.6 Å². The summed E-state index contributed by atoms with van der Waals surface area (Å²) in [5.41, 5.74) is 3.43. The summed E-state index contributed by atoms with van der Waals surface area (Å²) in [5, 5.41) is 8.38. The van der Waals surface area contributed by atoms with Gasteiger partial charge in [-0.25, -0.2) is 19.7 Å². The second-order valence-corrected chi connectivity index (χ2v) is 9.90. The van der Waals surface area contributed by atoms with E-state index >= 15 is 0 Å². The van der Waals surface area contributed by atoms with Crippen LogP contribution in [0.1, 0.15) is 18.6 Å². The number of anilines is 1. The van der Waals surface area contributed by atoms with E-state index in [1.165, 1.54) is 0 Å². The topological polar surface area (TPSA) is 110 Å². The molecule has 1 atom stereocenters. The summed E-state index contributed by atoms with van der Waals surface area (Å²) in [5.74, 6) is 2.01. The van der Waals surface area contributed by atoms with E-state index < -0.39 is 0 Å². The minimum absolute atomic E-state index is 0.0397. The lowest BCUT2D eigenvalue weighted by Crippen LogP contribution is -2.49. The number of aromatic nitrogens is 4. The number of imidazole rings is 1. The maximum atomic E-state index is 12.7. The summed E-state index contributed by atoms with van der Waals surface area (Å²) in [6.07, 6.45) is 7.17. The number of hydrogen-bond acceptors (Lipinski definition) is 8. The minimum Gasteiger partial charge on any atom is -0.497 e. The molecule has 38 heavy (non-hydrogen) atoms. The Balaban J connectivity index is 1.21. The summed E-state index contributed by atoms with van der Waals surface area (Å²) in [6.45, 7) is 1.64. The quantitative estimate of drug-likeness (QED) is 0.308. The number of hydrogen-bond donors (Lipinski definition) is 2. The van der Waals surface area contributed by atoms with Crippen LogP contribution in [-0.4, -0.2) is 56.5 Å². The van der Waals surface area contributed by atoms with Gasteiger partial charge in [0.2, 0.25) is 5.95 Å². The molecular formula is C27H27N7O3S. The van der Waals surface area contributed by atoms with E-state index in [0.717, 1.165) is 52.0 Å². The Bertz CT molecular complexity index is 1550. The highest BCUT2D eigenvalue weighted by Crippen LogP contribution is 2.35. The van der Waals surface area contributed by atoms with Crippen molar-refractivity contribution in [3.8, 4) is 28.4 Å². The Morgan fingerprint density at radius 2 is 2.18 bits per heavy atom. The van der Waals surface area contributed by atoms with Crippen LogP contribution in [-0.2, 0) is 6.54 Å². The second kappa shape index (κ2) is 10.5. The van der Waals surface area contributed by atoms with Crippen molar-refractivity contribution in [2.75, 3.05) is 25.5 Å². The van der Waals surface area contributed by atoms with E-state index in [0.29, 0.717) is 25.6 Å². The molecule has 5 heterocycles. The largest absolute Gasteiger partial charge is 0.497 e. The third kappa shape index (κ3) is 4.92. The van der Waals surface area contributed by atoms with E-state index in [9.17, 15) is 4.79 Å². The number of ether oxygens (including phenoxy) is 1. The van der Waals surface area contributed by atoms with Gasteiger partial charge >= 0.3 is 6.03 Å². The molecule has 1 aromatic carbocycles. The number of benzene rings is 1. The molecule has 0 saturated carbocycles. The fraction of sp³-hybridized carbons (Fsp3) is 0.259. The van der Waals surface area contributed by atoms with Gasteiger partial charge in [-0.1, -0.05) is 12.1 Å². The first-order valence-corrected chi connectivity index (χ1v) is 13.3. The minimum atomic E-state index is -0.107. The monoisotopic (exact) mass is 529 g/mol. The number of carbonyl (C=O) groups excluding carboxylic acids is 1. The Morgan fingerprint density at radius 1 is 1.24 bits per heavy atom. The smallest absolute Gasteiger partial charge is 0.317 e. The summed E-state index contributed by atoms with van der Waals surface area (Å²) >= 11 is 1.57. The van der Waals surface area contributed by atoms with Gasteiger partial charge in [-0.15, -0.1) is 11.3 Å². The molecule has 1 saturated heterocycles. The Hall–Kier alpha value is -4.38. The average Bonchev–Trinajstić information content (AvgIpc) is 3.70. The average molecular weight is 530 g/mol. The number of thiazole rings is 1. The highest BCUT2D eigenvalue weighted by molar-refractivity contribution is 7.15. The van der Waals surface area contributed by atoms with Crippen LogP contribution in [0.5, 0.6) is 5.75 Å². The maximum Gasteiger partial charge on any atom is 0.317 e. The van der Waals surface area contributed by atoms with Gasteiger partial charge in [0, 0.05) is 42.5 Å². The lowest BCUT2D eigenvalue weighted by molar-refractivity contribution is 0.181.